The van der Waals surface area contributed by atoms with Crippen molar-refractivity contribution in [3.8, 4) is 23.1 Å². The second kappa shape index (κ2) is 14.8. The Hall–Kier alpha value is -3.18. The Balaban J connectivity index is 1.68. The summed E-state index contributed by atoms with van der Waals surface area (Å²) in [5, 5.41) is 13.9. The zero-order valence-corrected chi connectivity index (χ0v) is 24.1. The Morgan fingerprint density at radius 1 is 1.13 bits per heavy atom. The Morgan fingerprint density at radius 2 is 1.82 bits per heavy atom. The number of nitrogens with zero attached hydrogens (tertiary/aromatic N) is 1. The van der Waals surface area contributed by atoms with E-state index in [-0.39, 0.29) is 26.3 Å². The van der Waals surface area contributed by atoms with Gasteiger partial charge in [0.2, 0.25) is 0 Å². The summed E-state index contributed by atoms with van der Waals surface area (Å²) in [4.78, 5) is 28.3. The first-order valence-corrected chi connectivity index (χ1v) is 14.3. The molecule has 0 saturated carbocycles. The van der Waals surface area contributed by atoms with Gasteiger partial charge in [0.05, 0.1) is 21.3 Å². The van der Waals surface area contributed by atoms with Gasteiger partial charge in [-0.05, 0) is 43.7 Å². The highest BCUT2D eigenvalue weighted by Gasteiger charge is 2.16. The topological polar surface area (TPSA) is 79.3 Å². The maximum absolute atomic E-state index is 15.2. The summed E-state index contributed by atoms with van der Waals surface area (Å²) in [5.41, 5.74) is 1.51. The molecule has 5 nitrogen and oxygen atoms in total. The van der Waals surface area contributed by atoms with Crippen molar-refractivity contribution in [1.29, 1.82) is 0 Å². The molecule has 0 saturated heterocycles. The smallest absolute Gasteiger partial charge is 0.331 e. The summed E-state index contributed by atoms with van der Waals surface area (Å²) >= 11 is 13.7. The number of hydrogen-bond donors (Lipinski definition) is 2. The first kappa shape index (κ1) is 30.4. The minimum absolute atomic E-state index is 0.0476. The number of carbonyl (C=O) groups excluding carboxylic acids is 1. The molecule has 0 aliphatic heterocycles. The van der Waals surface area contributed by atoms with Crippen molar-refractivity contribution in [1.82, 2.24) is 4.98 Å². The molecule has 0 spiro atoms. The number of aliphatic carboxylic acids is 1. The number of carboxylic acid groups (broad SMARTS) is 1. The van der Waals surface area contributed by atoms with Crippen LogP contribution in [0.1, 0.15) is 80.3 Å². The summed E-state index contributed by atoms with van der Waals surface area (Å²) in [7, 11) is 0. The quantitative estimate of drug-likeness (QED) is 0.133. The van der Waals surface area contributed by atoms with E-state index in [1.807, 2.05) is 0 Å². The standard InChI is InChI=1S/C30H29Cl2FN2O3S/c1-3-4-5-6-7-8-9-10-12-20-13-11-14-22(27(20)33)26-18-39-30(34-26)35-28(36)21-16-24(31)23(25(32)17-21)15-19(2)29(37)38/h11,13-18H,3-9H2,1-2H3,(H,37,38)(H,34,35,36). The molecule has 1 amide bonds. The zero-order valence-electron chi connectivity index (χ0n) is 21.7. The van der Waals surface area contributed by atoms with E-state index in [9.17, 15) is 9.59 Å². The number of thiazole rings is 1. The third-order valence-corrected chi connectivity index (χ3v) is 7.30. The van der Waals surface area contributed by atoms with Crippen LogP contribution in [-0.4, -0.2) is 22.0 Å². The van der Waals surface area contributed by atoms with Crippen LogP contribution in [0.4, 0.5) is 9.52 Å². The van der Waals surface area contributed by atoms with Crippen LogP contribution in [0.15, 0.2) is 41.3 Å². The van der Waals surface area contributed by atoms with E-state index in [4.69, 9.17) is 28.3 Å². The Labute approximate surface area is 242 Å². The van der Waals surface area contributed by atoms with Crippen LogP contribution in [-0.2, 0) is 4.79 Å². The highest BCUT2D eigenvalue weighted by molar-refractivity contribution is 7.14. The summed E-state index contributed by atoms with van der Waals surface area (Å²) in [6.07, 6.45) is 9.13. The van der Waals surface area contributed by atoms with Gasteiger partial charge in [-0.25, -0.2) is 14.2 Å². The number of amides is 1. The monoisotopic (exact) mass is 586 g/mol. The van der Waals surface area contributed by atoms with Crippen molar-refractivity contribution in [2.24, 2.45) is 0 Å². The summed E-state index contributed by atoms with van der Waals surface area (Å²) in [6.45, 7) is 3.60. The van der Waals surface area contributed by atoms with Gasteiger partial charge in [0, 0.05) is 34.1 Å². The predicted molar refractivity (Wildman–Crippen MR) is 158 cm³/mol. The first-order chi connectivity index (χ1) is 18.7. The molecule has 3 rings (SSSR count). The lowest BCUT2D eigenvalue weighted by atomic mass is 10.1. The van der Waals surface area contributed by atoms with Crippen LogP contribution in [0.25, 0.3) is 17.3 Å². The molecule has 204 valence electrons. The molecule has 9 heteroatoms. The molecule has 2 aromatic carbocycles. The fraction of sp³-hybridized carbons (Fsp3) is 0.300. The molecule has 0 aliphatic carbocycles. The molecule has 0 aliphatic rings. The molecule has 0 radical (unpaired) electrons. The highest BCUT2D eigenvalue weighted by atomic mass is 35.5. The Kier molecular flexibility index (Phi) is 11.5. The number of carboxylic acids is 1. The van der Waals surface area contributed by atoms with Crippen molar-refractivity contribution in [2.75, 3.05) is 5.32 Å². The second-order valence-corrected chi connectivity index (χ2v) is 10.6. The average Bonchev–Trinajstić information content (AvgIpc) is 3.36. The first-order valence-electron chi connectivity index (χ1n) is 12.7. The third kappa shape index (κ3) is 8.66. The van der Waals surface area contributed by atoms with Gasteiger partial charge in [-0.2, -0.15) is 0 Å². The molecule has 0 fully saturated rings. The number of hydrogen-bond acceptors (Lipinski definition) is 4. The number of carbonyl (C=O) groups is 2. The van der Waals surface area contributed by atoms with E-state index in [0.717, 1.165) is 30.6 Å². The lowest BCUT2D eigenvalue weighted by Gasteiger charge is -2.08. The van der Waals surface area contributed by atoms with Crippen molar-refractivity contribution in [3.63, 3.8) is 0 Å². The lowest BCUT2D eigenvalue weighted by Crippen LogP contribution is -2.12. The maximum Gasteiger partial charge on any atom is 0.331 e. The molecule has 2 N–H and O–H groups in total. The molecule has 0 bridgehead atoms. The van der Waals surface area contributed by atoms with Crippen LogP contribution in [0, 0.1) is 17.7 Å². The molecule has 1 heterocycles. The number of rotatable bonds is 11. The van der Waals surface area contributed by atoms with E-state index in [1.54, 1.807) is 23.6 Å². The molecule has 3 aromatic rings. The summed E-state index contributed by atoms with van der Waals surface area (Å²) in [6, 6.07) is 7.79. The van der Waals surface area contributed by atoms with Gasteiger partial charge in [-0.1, -0.05) is 80.1 Å². The number of aromatic nitrogens is 1. The lowest BCUT2D eigenvalue weighted by molar-refractivity contribution is -0.132. The fourth-order valence-electron chi connectivity index (χ4n) is 3.73. The minimum atomic E-state index is -1.11. The highest BCUT2D eigenvalue weighted by Crippen LogP contribution is 2.31. The van der Waals surface area contributed by atoms with E-state index in [1.165, 1.54) is 50.8 Å². The van der Waals surface area contributed by atoms with E-state index < -0.39 is 17.7 Å². The van der Waals surface area contributed by atoms with E-state index in [2.05, 4.69) is 29.1 Å². The number of anilines is 1. The summed E-state index contributed by atoms with van der Waals surface area (Å²) in [5.74, 6) is 3.94. The van der Waals surface area contributed by atoms with Gasteiger partial charge >= 0.3 is 5.97 Å². The van der Waals surface area contributed by atoms with Crippen LogP contribution in [0.5, 0.6) is 0 Å². The minimum Gasteiger partial charge on any atom is -0.478 e. The molecule has 1 aromatic heterocycles. The second-order valence-electron chi connectivity index (χ2n) is 8.96. The van der Waals surface area contributed by atoms with Crippen molar-refractivity contribution in [2.45, 2.75) is 58.8 Å². The molecular weight excluding hydrogens is 558 g/mol. The van der Waals surface area contributed by atoms with Gasteiger partial charge < -0.3 is 5.11 Å². The largest absolute Gasteiger partial charge is 0.478 e. The van der Waals surface area contributed by atoms with Crippen LogP contribution in [0.2, 0.25) is 10.0 Å². The molecule has 0 atom stereocenters. The zero-order chi connectivity index (χ0) is 28.4. The average molecular weight is 588 g/mol. The fourth-order valence-corrected chi connectivity index (χ4v) is 5.04. The number of nitrogens with one attached hydrogen (secondary N) is 1. The van der Waals surface area contributed by atoms with E-state index in [0.29, 0.717) is 22.4 Å². The van der Waals surface area contributed by atoms with Crippen LogP contribution in [0.3, 0.4) is 0 Å². The van der Waals surface area contributed by atoms with Gasteiger partial charge in [-0.15, -0.1) is 11.3 Å². The Bertz CT molecular complexity index is 1420. The van der Waals surface area contributed by atoms with Crippen molar-refractivity contribution < 1.29 is 19.1 Å². The number of benzene rings is 2. The van der Waals surface area contributed by atoms with Crippen molar-refractivity contribution in [3.05, 3.63) is 73.8 Å². The number of halogens is 3. The van der Waals surface area contributed by atoms with Gasteiger partial charge in [-0.3, -0.25) is 10.1 Å². The predicted octanol–water partition coefficient (Wildman–Crippen LogP) is 9.10. The molecular formula is C30H29Cl2FN2O3S. The van der Waals surface area contributed by atoms with Gasteiger partial charge in [0.1, 0.15) is 5.82 Å². The van der Waals surface area contributed by atoms with Gasteiger partial charge in [0.25, 0.3) is 5.91 Å². The number of unbranched alkanes of at least 4 members (excludes halogenated alkanes) is 6. The van der Waals surface area contributed by atoms with Gasteiger partial charge in [0.15, 0.2) is 5.13 Å². The summed E-state index contributed by atoms with van der Waals surface area (Å²) < 4.78 is 15.2. The maximum atomic E-state index is 15.2. The SMILES string of the molecule is CCCCCCCCC#Cc1cccc(-c2csc(NC(=O)c3cc(Cl)c(C=C(C)C(=O)O)c(Cl)c3)n2)c1F. The third-order valence-electron chi connectivity index (χ3n) is 5.92. The van der Waals surface area contributed by atoms with E-state index >= 15 is 4.39 Å². The Morgan fingerprint density at radius 3 is 2.51 bits per heavy atom. The molecule has 0 unspecified atom stereocenters. The van der Waals surface area contributed by atoms with Crippen molar-refractivity contribution >= 4 is 57.6 Å². The normalized spacial score (nSPS) is 11.2. The van der Waals surface area contributed by atoms with Crippen LogP contribution < -0.4 is 5.32 Å². The van der Waals surface area contributed by atoms with Crippen LogP contribution >= 0.6 is 34.5 Å². The molecule has 39 heavy (non-hydrogen) atoms.